The predicted molar refractivity (Wildman–Crippen MR) is 80.1 cm³/mol. The molecule has 110 valence electrons. The summed E-state index contributed by atoms with van der Waals surface area (Å²) in [6, 6.07) is 6.63. The van der Waals surface area contributed by atoms with Crippen LogP contribution in [0.15, 0.2) is 18.2 Å². The third kappa shape index (κ3) is 5.21. The summed E-state index contributed by atoms with van der Waals surface area (Å²) < 4.78 is 5.74. The SMILES string of the molecule is Cc1cc(C)cc(OCCN(C)CC(=O)NC2CC2)c1. The molecular formula is C16H24N2O2. The van der Waals surface area contributed by atoms with E-state index in [1.807, 2.05) is 24.1 Å². The van der Waals surface area contributed by atoms with Gasteiger partial charge < -0.3 is 10.1 Å². The van der Waals surface area contributed by atoms with Gasteiger partial charge in [0.05, 0.1) is 6.54 Å². The third-order valence-electron chi connectivity index (χ3n) is 3.29. The minimum absolute atomic E-state index is 0.112. The highest BCUT2D eigenvalue weighted by atomic mass is 16.5. The monoisotopic (exact) mass is 276 g/mol. The summed E-state index contributed by atoms with van der Waals surface area (Å²) >= 11 is 0. The second kappa shape index (κ2) is 6.75. The van der Waals surface area contributed by atoms with Gasteiger partial charge in [-0.1, -0.05) is 6.07 Å². The molecule has 2 rings (SSSR count). The first-order valence-electron chi connectivity index (χ1n) is 7.22. The van der Waals surface area contributed by atoms with Gasteiger partial charge in [-0.15, -0.1) is 0 Å². The number of nitrogens with one attached hydrogen (secondary N) is 1. The molecule has 1 aromatic rings. The van der Waals surface area contributed by atoms with Gasteiger partial charge in [-0.05, 0) is 57.0 Å². The molecule has 0 unspecified atom stereocenters. The highest BCUT2D eigenvalue weighted by molar-refractivity contribution is 5.78. The molecule has 1 saturated carbocycles. The molecule has 0 aromatic heterocycles. The zero-order valence-electron chi connectivity index (χ0n) is 12.6. The summed E-state index contributed by atoms with van der Waals surface area (Å²) in [5.41, 5.74) is 2.41. The number of hydrogen-bond donors (Lipinski definition) is 1. The number of aryl methyl sites for hydroxylation is 2. The van der Waals surface area contributed by atoms with Gasteiger partial charge in [0, 0.05) is 12.6 Å². The van der Waals surface area contributed by atoms with Crippen LogP contribution in [0.5, 0.6) is 5.75 Å². The third-order valence-corrected chi connectivity index (χ3v) is 3.29. The van der Waals surface area contributed by atoms with E-state index < -0.39 is 0 Å². The number of ether oxygens (including phenoxy) is 1. The minimum Gasteiger partial charge on any atom is -0.492 e. The van der Waals surface area contributed by atoms with E-state index in [0.717, 1.165) is 25.1 Å². The average Bonchev–Trinajstić information content (AvgIpc) is 3.11. The van der Waals surface area contributed by atoms with Crippen LogP contribution in [0.4, 0.5) is 0 Å². The maximum Gasteiger partial charge on any atom is 0.234 e. The highest BCUT2D eigenvalue weighted by Gasteiger charge is 2.23. The van der Waals surface area contributed by atoms with E-state index in [1.54, 1.807) is 0 Å². The van der Waals surface area contributed by atoms with Gasteiger partial charge in [-0.2, -0.15) is 0 Å². The van der Waals surface area contributed by atoms with Crippen molar-refractivity contribution in [1.82, 2.24) is 10.2 Å². The Bertz CT molecular complexity index is 449. The Labute approximate surface area is 121 Å². The molecular weight excluding hydrogens is 252 g/mol. The maximum absolute atomic E-state index is 11.6. The molecule has 0 bridgehead atoms. The van der Waals surface area contributed by atoms with Gasteiger partial charge in [0.25, 0.3) is 0 Å². The van der Waals surface area contributed by atoms with Crippen molar-refractivity contribution in [2.45, 2.75) is 32.7 Å². The Morgan fingerprint density at radius 1 is 1.30 bits per heavy atom. The number of benzene rings is 1. The Hall–Kier alpha value is -1.55. The molecule has 4 nitrogen and oxygen atoms in total. The first kappa shape index (κ1) is 14.9. The molecule has 0 atom stereocenters. The molecule has 0 aliphatic heterocycles. The number of carbonyl (C=O) groups excluding carboxylic acids is 1. The average molecular weight is 276 g/mol. The minimum atomic E-state index is 0.112. The normalized spacial score (nSPS) is 14.4. The van der Waals surface area contributed by atoms with E-state index >= 15 is 0 Å². The fraction of sp³-hybridized carbons (Fsp3) is 0.562. The van der Waals surface area contributed by atoms with Crippen LogP contribution in [-0.4, -0.2) is 43.6 Å². The second-order valence-corrected chi connectivity index (χ2v) is 5.75. The largest absolute Gasteiger partial charge is 0.492 e. The fourth-order valence-electron chi connectivity index (χ4n) is 2.16. The summed E-state index contributed by atoms with van der Waals surface area (Å²) in [6.07, 6.45) is 2.26. The lowest BCUT2D eigenvalue weighted by Crippen LogP contribution is -2.37. The Morgan fingerprint density at radius 2 is 1.95 bits per heavy atom. The van der Waals surface area contributed by atoms with Crippen LogP contribution in [0.2, 0.25) is 0 Å². The van der Waals surface area contributed by atoms with Crippen LogP contribution >= 0.6 is 0 Å². The Kier molecular flexibility index (Phi) is 5.01. The van der Waals surface area contributed by atoms with Crippen molar-refractivity contribution in [3.05, 3.63) is 29.3 Å². The van der Waals surface area contributed by atoms with Crippen LogP contribution < -0.4 is 10.1 Å². The number of nitrogens with zero attached hydrogens (tertiary/aromatic N) is 1. The van der Waals surface area contributed by atoms with Crippen LogP contribution in [0.3, 0.4) is 0 Å². The standard InChI is InChI=1S/C16H24N2O2/c1-12-8-13(2)10-15(9-12)20-7-6-18(3)11-16(19)17-14-4-5-14/h8-10,14H,4-7,11H2,1-3H3,(H,17,19). The van der Waals surface area contributed by atoms with Crippen molar-refractivity contribution < 1.29 is 9.53 Å². The van der Waals surface area contributed by atoms with E-state index in [2.05, 4.69) is 25.2 Å². The molecule has 1 amide bonds. The summed E-state index contributed by atoms with van der Waals surface area (Å²) in [7, 11) is 1.94. The molecule has 20 heavy (non-hydrogen) atoms. The van der Waals surface area contributed by atoms with E-state index in [9.17, 15) is 4.79 Å². The lowest BCUT2D eigenvalue weighted by Gasteiger charge is -2.16. The molecule has 0 radical (unpaired) electrons. The van der Waals surface area contributed by atoms with Crippen LogP contribution in [-0.2, 0) is 4.79 Å². The van der Waals surface area contributed by atoms with Crippen molar-refractivity contribution in [2.75, 3.05) is 26.7 Å². The van der Waals surface area contributed by atoms with E-state index in [0.29, 0.717) is 19.2 Å². The lowest BCUT2D eigenvalue weighted by molar-refractivity contribution is -0.122. The lowest BCUT2D eigenvalue weighted by atomic mass is 10.1. The van der Waals surface area contributed by atoms with Crippen molar-refractivity contribution in [3.8, 4) is 5.75 Å². The molecule has 1 aromatic carbocycles. The van der Waals surface area contributed by atoms with Gasteiger partial charge in [-0.25, -0.2) is 0 Å². The predicted octanol–water partition coefficient (Wildman–Crippen LogP) is 1.89. The first-order valence-corrected chi connectivity index (χ1v) is 7.22. The Balaban J connectivity index is 1.67. The Morgan fingerprint density at radius 3 is 2.55 bits per heavy atom. The molecule has 0 heterocycles. The van der Waals surface area contributed by atoms with Crippen molar-refractivity contribution in [2.24, 2.45) is 0 Å². The zero-order valence-corrected chi connectivity index (χ0v) is 12.6. The molecule has 1 fully saturated rings. The van der Waals surface area contributed by atoms with Gasteiger partial charge in [-0.3, -0.25) is 9.69 Å². The number of amides is 1. The molecule has 0 saturated heterocycles. The molecule has 1 N–H and O–H groups in total. The number of carbonyl (C=O) groups is 1. The topological polar surface area (TPSA) is 41.6 Å². The first-order chi connectivity index (χ1) is 9.52. The highest BCUT2D eigenvalue weighted by Crippen LogP contribution is 2.18. The van der Waals surface area contributed by atoms with Gasteiger partial charge >= 0.3 is 0 Å². The molecule has 1 aliphatic rings. The van der Waals surface area contributed by atoms with E-state index in [-0.39, 0.29) is 5.91 Å². The zero-order chi connectivity index (χ0) is 14.5. The van der Waals surface area contributed by atoms with Crippen molar-refractivity contribution >= 4 is 5.91 Å². The van der Waals surface area contributed by atoms with Crippen LogP contribution in [0.25, 0.3) is 0 Å². The van der Waals surface area contributed by atoms with E-state index in [4.69, 9.17) is 4.74 Å². The van der Waals surface area contributed by atoms with Gasteiger partial charge in [0.15, 0.2) is 0 Å². The second-order valence-electron chi connectivity index (χ2n) is 5.75. The number of rotatable bonds is 7. The molecule has 1 aliphatic carbocycles. The van der Waals surface area contributed by atoms with Gasteiger partial charge in [0.1, 0.15) is 12.4 Å². The summed E-state index contributed by atoms with van der Waals surface area (Å²) in [4.78, 5) is 13.6. The quantitative estimate of drug-likeness (QED) is 0.827. The number of likely N-dealkylation sites (N-methyl/N-ethyl adjacent to an activating group) is 1. The summed E-state index contributed by atoms with van der Waals surface area (Å²) in [5, 5.41) is 2.99. The molecule has 0 spiro atoms. The van der Waals surface area contributed by atoms with Crippen molar-refractivity contribution in [1.29, 1.82) is 0 Å². The van der Waals surface area contributed by atoms with Crippen LogP contribution in [0.1, 0.15) is 24.0 Å². The summed E-state index contributed by atoms with van der Waals surface area (Å²) in [6.45, 7) is 5.90. The fourth-order valence-corrected chi connectivity index (χ4v) is 2.16. The maximum atomic E-state index is 11.6. The smallest absolute Gasteiger partial charge is 0.234 e. The van der Waals surface area contributed by atoms with E-state index in [1.165, 1.54) is 11.1 Å². The molecule has 4 heteroatoms. The number of hydrogen-bond acceptors (Lipinski definition) is 3. The summed E-state index contributed by atoms with van der Waals surface area (Å²) in [5.74, 6) is 1.01. The van der Waals surface area contributed by atoms with Gasteiger partial charge in [0.2, 0.25) is 5.91 Å². The van der Waals surface area contributed by atoms with Crippen molar-refractivity contribution in [3.63, 3.8) is 0 Å². The van der Waals surface area contributed by atoms with Crippen LogP contribution in [0, 0.1) is 13.8 Å².